The summed E-state index contributed by atoms with van der Waals surface area (Å²) in [5, 5.41) is 3.37. The molecule has 0 amide bonds. The molecule has 92 valence electrons. The van der Waals surface area contributed by atoms with Gasteiger partial charge >= 0.3 is 5.97 Å². The van der Waals surface area contributed by atoms with Gasteiger partial charge in [-0.25, -0.2) is 4.79 Å². The molecule has 4 heteroatoms. The second-order valence-corrected chi connectivity index (χ2v) is 4.49. The van der Waals surface area contributed by atoms with Crippen molar-refractivity contribution in [1.29, 1.82) is 0 Å². The number of carbonyl (C=O) groups is 1. The molecule has 1 saturated carbocycles. The minimum Gasteiger partial charge on any atom is -0.462 e. The highest BCUT2D eigenvalue weighted by Crippen LogP contribution is 2.33. The van der Waals surface area contributed by atoms with Gasteiger partial charge in [-0.05, 0) is 37.5 Å². The van der Waals surface area contributed by atoms with Crippen LogP contribution in [0.25, 0.3) is 0 Å². The number of benzene rings is 1. The lowest BCUT2D eigenvalue weighted by molar-refractivity contribution is 0.0527. The molecule has 4 nitrogen and oxygen atoms in total. The maximum atomic E-state index is 11.7. The highest BCUT2D eigenvalue weighted by atomic mass is 16.5. The molecule has 1 aliphatic rings. The molecular formula is C13H18N2O2. The van der Waals surface area contributed by atoms with E-state index in [0.29, 0.717) is 29.8 Å². The molecule has 0 saturated heterocycles. The summed E-state index contributed by atoms with van der Waals surface area (Å²) in [6.45, 7) is 4.33. The van der Waals surface area contributed by atoms with E-state index in [4.69, 9.17) is 10.5 Å². The highest BCUT2D eigenvalue weighted by Gasteiger charge is 2.32. The van der Waals surface area contributed by atoms with Crippen molar-refractivity contribution in [3.8, 4) is 0 Å². The van der Waals surface area contributed by atoms with Gasteiger partial charge in [0, 0.05) is 17.4 Å². The fraction of sp³-hybridized carbons (Fsp3) is 0.462. The van der Waals surface area contributed by atoms with E-state index in [-0.39, 0.29) is 5.97 Å². The Bertz CT molecular complexity index is 431. The minimum atomic E-state index is -0.363. The Kier molecular flexibility index (Phi) is 3.22. The summed E-state index contributed by atoms with van der Waals surface area (Å²) in [7, 11) is 0. The van der Waals surface area contributed by atoms with Crippen LogP contribution in [-0.4, -0.2) is 18.6 Å². The van der Waals surface area contributed by atoms with Crippen LogP contribution in [0.4, 0.5) is 11.4 Å². The van der Waals surface area contributed by atoms with Crippen molar-refractivity contribution in [1.82, 2.24) is 0 Å². The normalized spacial score (nSPS) is 22.0. The molecule has 0 spiro atoms. The van der Waals surface area contributed by atoms with Crippen molar-refractivity contribution in [2.45, 2.75) is 26.3 Å². The second-order valence-electron chi connectivity index (χ2n) is 4.49. The zero-order valence-corrected chi connectivity index (χ0v) is 10.2. The summed E-state index contributed by atoms with van der Waals surface area (Å²) in [5.41, 5.74) is 7.58. The Labute approximate surface area is 101 Å². The summed E-state index contributed by atoms with van der Waals surface area (Å²) >= 11 is 0. The van der Waals surface area contributed by atoms with Crippen LogP contribution in [0.15, 0.2) is 18.2 Å². The molecule has 1 aromatic carbocycles. The van der Waals surface area contributed by atoms with E-state index >= 15 is 0 Å². The Morgan fingerprint density at radius 3 is 2.88 bits per heavy atom. The third-order valence-electron chi connectivity index (χ3n) is 3.01. The van der Waals surface area contributed by atoms with Crippen LogP contribution in [0.5, 0.6) is 0 Å². The molecule has 0 aromatic heterocycles. The Hall–Kier alpha value is -1.71. The van der Waals surface area contributed by atoms with Gasteiger partial charge < -0.3 is 15.8 Å². The Morgan fingerprint density at radius 1 is 1.59 bits per heavy atom. The number of carbonyl (C=O) groups excluding carboxylic acids is 1. The largest absolute Gasteiger partial charge is 0.462 e. The minimum absolute atomic E-state index is 0.357. The lowest BCUT2D eigenvalue weighted by atomic mass is 10.1. The quantitative estimate of drug-likeness (QED) is 0.619. The molecule has 2 atom stereocenters. The first-order valence-corrected chi connectivity index (χ1v) is 5.95. The van der Waals surface area contributed by atoms with Gasteiger partial charge in [-0.1, -0.05) is 6.92 Å². The third-order valence-corrected chi connectivity index (χ3v) is 3.01. The van der Waals surface area contributed by atoms with Crippen molar-refractivity contribution in [3.05, 3.63) is 23.8 Å². The van der Waals surface area contributed by atoms with Gasteiger partial charge in [-0.3, -0.25) is 0 Å². The molecule has 1 aliphatic carbocycles. The van der Waals surface area contributed by atoms with Gasteiger partial charge in [-0.2, -0.15) is 0 Å². The number of rotatable bonds is 4. The maximum Gasteiger partial charge on any atom is 0.340 e. The SMILES string of the molecule is CCOC(=O)c1cc(NC2CC2C)ccc1N. The monoisotopic (exact) mass is 234 g/mol. The summed E-state index contributed by atoms with van der Waals surface area (Å²) < 4.78 is 4.96. The number of anilines is 2. The van der Waals surface area contributed by atoms with E-state index in [9.17, 15) is 4.79 Å². The van der Waals surface area contributed by atoms with E-state index in [2.05, 4.69) is 12.2 Å². The number of nitrogen functional groups attached to an aromatic ring is 1. The zero-order chi connectivity index (χ0) is 12.4. The van der Waals surface area contributed by atoms with E-state index in [1.165, 1.54) is 6.42 Å². The molecule has 2 unspecified atom stereocenters. The third kappa shape index (κ3) is 2.70. The lowest BCUT2D eigenvalue weighted by Gasteiger charge is -2.09. The van der Waals surface area contributed by atoms with Gasteiger partial charge in [0.2, 0.25) is 0 Å². The molecule has 3 N–H and O–H groups in total. The van der Waals surface area contributed by atoms with Gasteiger partial charge in [-0.15, -0.1) is 0 Å². The van der Waals surface area contributed by atoms with Crippen LogP contribution >= 0.6 is 0 Å². The smallest absolute Gasteiger partial charge is 0.340 e. The van der Waals surface area contributed by atoms with E-state index in [0.717, 1.165) is 5.69 Å². The van der Waals surface area contributed by atoms with Gasteiger partial charge in [0.1, 0.15) is 0 Å². The lowest BCUT2D eigenvalue weighted by Crippen LogP contribution is -2.10. The molecule has 0 radical (unpaired) electrons. The number of hydrogen-bond donors (Lipinski definition) is 2. The van der Waals surface area contributed by atoms with E-state index in [1.807, 2.05) is 6.07 Å². The van der Waals surface area contributed by atoms with E-state index < -0.39 is 0 Å². The fourth-order valence-corrected chi connectivity index (χ4v) is 1.77. The average Bonchev–Trinajstić information content (AvgIpc) is 2.97. The summed E-state index contributed by atoms with van der Waals surface area (Å²) in [5.74, 6) is 0.344. The summed E-state index contributed by atoms with van der Waals surface area (Å²) in [6.07, 6.45) is 1.18. The first-order valence-electron chi connectivity index (χ1n) is 5.95. The standard InChI is InChI=1S/C13H18N2O2/c1-3-17-13(16)10-7-9(4-5-11(10)14)15-12-6-8(12)2/h4-5,7-8,12,15H,3,6,14H2,1-2H3. The molecule has 0 bridgehead atoms. The molecule has 1 fully saturated rings. The van der Waals surface area contributed by atoms with Gasteiger partial charge in [0.15, 0.2) is 0 Å². The van der Waals surface area contributed by atoms with Gasteiger partial charge in [0.05, 0.1) is 12.2 Å². The first kappa shape index (κ1) is 11.8. The predicted molar refractivity (Wildman–Crippen MR) is 68.0 cm³/mol. The summed E-state index contributed by atoms with van der Waals surface area (Å²) in [4.78, 5) is 11.7. The van der Waals surface area contributed by atoms with Crippen LogP contribution in [0.2, 0.25) is 0 Å². The number of esters is 1. The molecule has 0 heterocycles. The van der Waals surface area contributed by atoms with Crippen molar-refractivity contribution < 1.29 is 9.53 Å². The van der Waals surface area contributed by atoms with E-state index in [1.54, 1.807) is 19.1 Å². The molecule has 0 aliphatic heterocycles. The van der Waals surface area contributed by atoms with Crippen LogP contribution < -0.4 is 11.1 Å². The van der Waals surface area contributed by atoms with Crippen LogP contribution in [0.3, 0.4) is 0 Å². The average molecular weight is 234 g/mol. The van der Waals surface area contributed by atoms with Crippen molar-refractivity contribution in [3.63, 3.8) is 0 Å². The predicted octanol–water partition coefficient (Wildman–Crippen LogP) is 2.27. The molecule has 2 rings (SSSR count). The van der Waals surface area contributed by atoms with Crippen molar-refractivity contribution in [2.75, 3.05) is 17.7 Å². The number of ether oxygens (including phenoxy) is 1. The van der Waals surface area contributed by atoms with Crippen LogP contribution in [-0.2, 0) is 4.74 Å². The first-order chi connectivity index (χ1) is 8.11. The fourth-order valence-electron chi connectivity index (χ4n) is 1.77. The van der Waals surface area contributed by atoms with Crippen LogP contribution in [0.1, 0.15) is 30.6 Å². The Morgan fingerprint density at radius 2 is 2.29 bits per heavy atom. The van der Waals surface area contributed by atoms with Crippen molar-refractivity contribution >= 4 is 17.3 Å². The van der Waals surface area contributed by atoms with Crippen molar-refractivity contribution in [2.24, 2.45) is 5.92 Å². The molecule has 1 aromatic rings. The second kappa shape index (κ2) is 4.65. The number of hydrogen-bond acceptors (Lipinski definition) is 4. The number of nitrogens with two attached hydrogens (primary N) is 1. The topological polar surface area (TPSA) is 64.3 Å². The summed E-state index contributed by atoms with van der Waals surface area (Å²) in [6, 6.07) is 5.91. The zero-order valence-electron chi connectivity index (χ0n) is 10.2. The molecular weight excluding hydrogens is 216 g/mol. The van der Waals surface area contributed by atoms with Gasteiger partial charge in [0.25, 0.3) is 0 Å². The maximum absolute atomic E-state index is 11.7. The molecule has 17 heavy (non-hydrogen) atoms. The number of nitrogens with one attached hydrogen (secondary N) is 1. The highest BCUT2D eigenvalue weighted by molar-refractivity contribution is 5.96. The Balaban J connectivity index is 2.14. The van der Waals surface area contributed by atoms with Crippen LogP contribution in [0, 0.1) is 5.92 Å².